The zero-order valence-corrected chi connectivity index (χ0v) is 15.7. The number of nitrogens with one attached hydrogen (secondary N) is 1. The number of aromatic nitrogens is 1. The minimum atomic E-state index is -0.140. The Kier molecular flexibility index (Phi) is 4.68. The minimum absolute atomic E-state index is 0.140. The number of hydrogen-bond acceptors (Lipinski definition) is 2. The van der Waals surface area contributed by atoms with E-state index in [9.17, 15) is 4.79 Å². The van der Waals surface area contributed by atoms with E-state index in [0.29, 0.717) is 19.4 Å². The van der Waals surface area contributed by atoms with Crippen LogP contribution in [0.4, 0.5) is 0 Å². The van der Waals surface area contributed by atoms with Crippen LogP contribution in [-0.2, 0) is 16.0 Å². The maximum absolute atomic E-state index is 11.6. The Morgan fingerprint density at radius 2 is 1.85 bits per heavy atom. The molecule has 3 heteroatoms. The summed E-state index contributed by atoms with van der Waals surface area (Å²) in [4.78, 5) is 15.2. The van der Waals surface area contributed by atoms with Gasteiger partial charge in [0.15, 0.2) is 0 Å². The van der Waals surface area contributed by atoms with Crippen LogP contribution < -0.4 is 0 Å². The van der Waals surface area contributed by atoms with Crippen LogP contribution in [0.2, 0.25) is 0 Å². The molecule has 136 valence electrons. The molecule has 0 atom stereocenters. The standard InChI is InChI=1S/C24H23NO2/c1-3-27-23(26)13-10-17-9-12-21-19(14-17)15-22(25-21)24-16(2)8-11-18-6-4-5-7-20(18)24/h4-9,11-12,14-15,25H,3,10,13H2,1-2H3. The zero-order chi connectivity index (χ0) is 18.8. The van der Waals surface area contributed by atoms with Crippen molar-refractivity contribution in [2.75, 3.05) is 6.61 Å². The van der Waals surface area contributed by atoms with Crippen molar-refractivity contribution in [2.24, 2.45) is 0 Å². The number of carbonyl (C=O) groups excluding carboxylic acids is 1. The van der Waals surface area contributed by atoms with Gasteiger partial charge < -0.3 is 9.72 Å². The smallest absolute Gasteiger partial charge is 0.306 e. The zero-order valence-electron chi connectivity index (χ0n) is 15.7. The topological polar surface area (TPSA) is 42.1 Å². The number of benzene rings is 3. The van der Waals surface area contributed by atoms with E-state index >= 15 is 0 Å². The molecule has 0 aliphatic carbocycles. The molecule has 3 aromatic carbocycles. The lowest BCUT2D eigenvalue weighted by molar-refractivity contribution is -0.143. The molecule has 0 saturated heterocycles. The molecule has 0 aliphatic rings. The number of hydrogen-bond donors (Lipinski definition) is 1. The van der Waals surface area contributed by atoms with Crippen LogP contribution in [0.3, 0.4) is 0 Å². The van der Waals surface area contributed by atoms with Gasteiger partial charge in [-0.15, -0.1) is 0 Å². The van der Waals surface area contributed by atoms with Crippen molar-refractivity contribution in [3.8, 4) is 11.3 Å². The summed E-state index contributed by atoms with van der Waals surface area (Å²) in [6, 6.07) is 21.4. The Balaban J connectivity index is 1.70. The minimum Gasteiger partial charge on any atom is -0.466 e. The third kappa shape index (κ3) is 3.45. The van der Waals surface area contributed by atoms with E-state index in [2.05, 4.69) is 72.6 Å². The summed E-state index contributed by atoms with van der Waals surface area (Å²) >= 11 is 0. The summed E-state index contributed by atoms with van der Waals surface area (Å²) in [5.41, 5.74) is 5.88. The summed E-state index contributed by atoms with van der Waals surface area (Å²) in [7, 11) is 0. The summed E-state index contributed by atoms with van der Waals surface area (Å²) in [5.74, 6) is -0.140. The molecule has 27 heavy (non-hydrogen) atoms. The molecule has 1 N–H and O–H groups in total. The number of rotatable bonds is 5. The number of aryl methyl sites for hydroxylation is 2. The van der Waals surface area contributed by atoms with Crippen molar-refractivity contribution in [1.29, 1.82) is 0 Å². The molecule has 0 bridgehead atoms. The molecule has 4 aromatic rings. The van der Waals surface area contributed by atoms with Gasteiger partial charge in [-0.05, 0) is 60.4 Å². The number of ether oxygens (including phenoxy) is 1. The first-order chi connectivity index (χ1) is 13.2. The van der Waals surface area contributed by atoms with Crippen LogP contribution in [0.15, 0.2) is 60.7 Å². The van der Waals surface area contributed by atoms with Gasteiger partial charge in [-0.1, -0.05) is 42.5 Å². The molecule has 1 aromatic heterocycles. The Morgan fingerprint density at radius 3 is 2.70 bits per heavy atom. The fraction of sp³-hybridized carbons (Fsp3) is 0.208. The van der Waals surface area contributed by atoms with Crippen molar-refractivity contribution in [3.05, 3.63) is 71.8 Å². The number of carbonyl (C=O) groups is 1. The highest BCUT2D eigenvalue weighted by atomic mass is 16.5. The summed E-state index contributed by atoms with van der Waals surface area (Å²) in [5, 5.41) is 3.66. The lowest BCUT2D eigenvalue weighted by Crippen LogP contribution is -2.04. The van der Waals surface area contributed by atoms with Crippen LogP contribution in [0, 0.1) is 6.92 Å². The second-order valence-corrected chi connectivity index (χ2v) is 6.89. The second kappa shape index (κ2) is 7.28. The van der Waals surface area contributed by atoms with Gasteiger partial charge in [-0.3, -0.25) is 4.79 Å². The average Bonchev–Trinajstić information content (AvgIpc) is 3.09. The van der Waals surface area contributed by atoms with Gasteiger partial charge in [-0.25, -0.2) is 0 Å². The highest BCUT2D eigenvalue weighted by molar-refractivity contribution is 6.00. The van der Waals surface area contributed by atoms with Gasteiger partial charge in [0.1, 0.15) is 0 Å². The normalized spacial score (nSPS) is 11.2. The van der Waals surface area contributed by atoms with Crippen molar-refractivity contribution >= 4 is 27.6 Å². The Hall–Kier alpha value is -3.07. The van der Waals surface area contributed by atoms with E-state index in [4.69, 9.17) is 4.74 Å². The van der Waals surface area contributed by atoms with Gasteiger partial charge in [0.05, 0.1) is 6.61 Å². The largest absolute Gasteiger partial charge is 0.466 e. The van der Waals surface area contributed by atoms with E-state index in [-0.39, 0.29) is 5.97 Å². The average molecular weight is 357 g/mol. The molecule has 0 radical (unpaired) electrons. The van der Waals surface area contributed by atoms with Crippen LogP contribution in [-0.4, -0.2) is 17.6 Å². The molecule has 0 saturated carbocycles. The van der Waals surface area contributed by atoms with E-state index in [0.717, 1.165) is 16.8 Å². The van der Waals surface area contributed by atoms with E-state index in [1.54, 1.807) is 0 Å². The van der Waals surface area contributed by atoms with Crippen molar-refractivity contribution < 1.29 is 9.53 Å². The second-order valence-electron chi connectivity index (χ2n) is 6.89. The summed E-state index contributed by atoms with van der Waals surface area (Å²) in [6.07, 6.45) is 1.11. The lowest BCUT2D eigenvalue weighted by Gasteiger charge is -2.08. The molecule has 0 spiro atoms. The van der Waals surface area contributed by atoms with Crippen molar-refractivity contribution in [3.63, 3.8) is 0 Å². The quantitative estimate of drug-likeness (QED) is 0.459. The number of esters is 1. The predicted octanol–water partition coefficient (Wildman–Crippen LogP) is 5.79. The van der Waals surface area contributed by atoms with Crippen LogP contribution in [0.1, 0.15) is 24.5 Å². The number of H-pyrrole nitrogens is 1. The molecule has 0 unspecified atom stereocenters. The van der Waals surface area contributed by atoms with Crippen LogP contribution >= 0.6 is 0 Å². The maximum Gasteiger partial charge on any atom is 0.306 e. The highest BCUT2D eigenvalue weighted by Gasteiger charge is 2.11. The van der Waals surface area contributed by atoms with Crippen LogP contribution in [0.25, 0.3) is 32.9 Å². The first-order valence-electron chi connectivity index (χ1n) is 9.41. The first kappa shape index (κ1) is 17.3. The fourth-order valence-electron chi connectivity index (χ4n) is 3.69. The molecule has 3 nitrogen and oxygen atoms in total. The van der Waals surface area contributed by atoms with Crippen molar-refractivity contribution in [1.82, 2.24) is 4.98 Å². The van der Waals surface area contributed by atoms with Gasteiger partial charge in [-0.2, -0.15) is 0 Å². The maximum atomic E-state index is 11.6. The van der Waals surface area contributed by atoms with Gasteiger partial charge in [0.25, 0.3) is 0 Å². The predicted molar refractivity (Wildman–Crippen MR) is 111 cm³/mol. The SMILES string of the molecule is CCOC(=O)CCc1ccc2[nH]c(-c3c(C)ccc4ccccc34)cc2c1. The number of aromatic amines is 1. The van der Waals surface area contributed by atoms with Gasteiger partial charge in [0.2, 0.25) is 0 Å². The summed E-state index contributed by atoms with van der Waals surface area (Å²) in [6.45, 7) is 4.42. The van der Waals surface area contributed by atoms with Crippen LogP contribution in [0.5, 0.6) is 0 Å². The molecule has 0 amide bonds. The summed E-state index contributed by atoms with van der Waals surface area (Å²) < 4.78 is 5.02. The third-order valence-corrected chi connectivity index (χ3v) is 5.01. The molecule has 0 aliphatic heterocycles. The molecule has 0 fully saturated rings. The Morgan fingerprint density at radius 1 is 1.00 bits per heavy atom. The monoisotopic (exact) mass is 357 g/mol. The van der Waals surface area contributed by atoms with Gasteiger partial charge in [0, 0.05) is 28.6 Å². The third-order valence-electron chi connectivity index (χ3n) is 5.01. The van der Waals surface area contributed by atoms with E-state index < -0.39 is 0 Å². The molecule has 1 heterocycles. The lowest BCUT2D eigenvalue weighted by atomic mass is 9.97. The van der Waals surface area contributed by atoms with Gasteiger partial charge >= 0.3 is 5.97 Å². The number of fused-ring (bicyclic) bond motifs is 2. The highest BCUT2D eigenvalue weighted by Crippen LogP contribution is 2.33. The molecule has 4 rings (SSSR count). The molecular weight excluding hydrogens is 334 g/mol. The Labute approximate surface area is 159 Å². The first-order valence-corrected chi connectivity index (χ1v) is 9.41. The fourth-order valence-corrected chi connectivity index (χ4v) is 3.69. The molecular formula is C24H23NO2. The Bertz CT molecular complexity index is 1120. The van der Waals surface area contributed by atoms with E-state index in [1.807, 2.05) is 6.92 Å². The van der Waals surface area contributed by atoms with E-state index in [1.165, 1.54) is 27.3 Å². The van der Waals surface area contributed by atoms with Crippen molar-refractivity contribution in [2.45, 2.75) is 26.7 Å².